The molecular weight excluding hydrogens is 1010 g/mol. The molecule has 1 atom stereocenters. The number of ether oxygens (including phenoxy) is 3. The topological polar surface area (TPSA) is 78.9 Å². The molecule has 1 unspecified atom stereocenters. The summed E-state index contributed by atoms with van der Waals surface area (Å²) in [4.78, 5) is 38.3. The van der Waals surface area contributed by atoms with Gasteiger partial charge in [-0.2, -0.15) is 0 Å². The minimum atomic E-state index is -0.769. The summed E-state index contributed by atoms with van der Waals surface area (Å²) in [6, 6.07) is 0. The minimum Gasteiger partial charge on any atom is -0.462 e. The van der Waals surface area contributed by atoms with Gasteiger partial charge in [-0.3, -0.25) is 14.4 Å². The molecule has 0 saturated heterocycles. The Morgan fingerprint density at radius 2 is 0.427 bits per heavy atom. The fourth-order valence-corrected chi connectivity index (χ4v) is 11.9. The second-order valence-corrected chi connectivity index (χ2v) is 25.9. The van der Waals surface area contributed by atoms with Crippen LogP contribution in [0.5, 0.6) is 0 Å². The van der Waals surface area contributed by atoms with E-state index in [1.54, 1.807) is 0 Å². The van der Waals surface area contributed by atoms with Crippen LogP contribution in [0.3, 0.4) is 0 Å². The van der Waals surface area contributed by atoms with Gasteiger partial charge in [-0.15, -0.1) is 0 Å². The Hall–Kier alpha value is -1.85. The first-order chi connectivity index (χ1) is 40.5. The number of rotatable bonds is 71. The van der Waals surface area contributed by atoms with Gasteiger partial charge in [0.25, 0.3) is 0 Å². The van der Waals surface area contributed by atoms with Crippen LogP contribution in [0, 0.1) is 0 Å². The van der Waals surface area contributed by atoms with Crippen molar-refractivity contribution in [1.82, 2.24) is 0 Å². The third kappa shape index (κ3) is 68.9. The number of allylic oxidation sites excluding steroid dienone is 2. The standard InChI is InChI=1S/C76H146O6/c1-4-7-10-13-16-19-22-24-26-28-30-32-33-34-35-36-37-38-39-40-41-42-43-44-45-47-48-50-52-54-57-60-63-66-69-75(78)81-72-73(71-80-74(77)68-65-62-59-56-21-18-15-12-9-6-3)82-76(79)70-67-64-61-58-55-53-51-49-46-31-29-27-25-23-20-17-14-11-8-5-2/h12,15,73H,4-11,13-14,16-72H2,1-3H3/b15-12-. The number of carbonyl (C=O) groups excluding carboxylic acids is 3. The first kappa shape index (κ1) is 80.2. The predicted molar refractivity (Wildman–Crippen MR) is 358 cm³/mol. The van der Waals surface area contributed by atoms with E-state index >= 15 is 0 Å². The largest absolute Gasteiger partial charge is 0.462 e. The number of hydrogen-bond donors (Lipinski definition) is 0. The molecule has 0 spiro atoms. The molecule has 0 aromatic rings. The Bertz CT molecular complexity index is 1280. The Morgan fingerprint density at radius 3 is 0.659 bits per heavy atom. The summed E-state index contributed by atoms with van der Waals surface area (Å²) in [6.45, 7) is 6.66. The molecule has 0 saturated carbocycles. The van der Waals surface area contributed by atoms with E-state index < -0.39 is 6.10 Å². The molecule has 82 heavy (non-hydrogen) atoms. The normalized spacial score (nSPS) is 12.0. The molecule has 0 heterocycles. The smallest absolute Gasteiger partial charge is 0.306 e. The van der Waals surface area contributed by atoms with Crippen molar-refractivity contribution >= 4 is 17.9 Å². The maximum atomic E-state index is 12.9. The summed E-state index contributed by atoms with van der Waals surface area (Å²) < 4.78 is 17.0. The Balaban J connectivity index is 4.00. The molecule has 0 radical (unpaired) electrons. The van der Waals surface area contributed by atoms with E-state index in [4.69, 9.17) is 14.2 Å². The van der Waals surface area contributed by atoms with Gasteiger partial charge in [-0.1, -0.05) is 392 Å². The average Bonchev–Trinajstić information content (AvgIpc) is 3.48. The van der Waals surface area contributed by atoms with Crippen molar-refractivity contribution < 1.29 is 28.6 Å². The van der Waals surface area contributed by atoms with Crippen LogP contribution in [-0.2, 0) is 28.6 Å². The highest BCUT2D eigenvalue weighted by Gasteiger charge is 2.20. The van der Waals surface area contributed by atoms with Gasteiger partial charge in [0.05, 0.1) is 0 Å². The highest BCUT2D eigenvalue weighted by atomic mass is 16.6. The second kappa shape index (κ2) is 71.6. The zero-order valence-electron chi connectivity index (χ0n) is 56.1. The Kier molecular flexibility index (Phi) is 70.0. The van der Waals surface area contributed by atoms with Gasteiger partial charge in [-0.25, -0.2) is 0 Å². The number of esters is 3. The molecule has 0 bridgehead atoms. The zero-order valence-corrected chi connectivity index (χ0v) is 56.1. The third-order valence-electron chi connectivity index (χ3n) is 17.5. The van der Waals surface area contributed by atoms with E-state index in [2.05, 4.69) is 32.9 Å². The molecule has 486 valence electrons. The summed E-state index contributed by atoms with van der Waals surface area (Å²) >= 11 is 0. The summed E-state index contributed by atoms with van der Waals surface area (Å²) in [7, 11) is 0. The molecule has 0 rings (SSSR count). The van der Waals surface area contributed by atoms with Crippen molar-refractivity contribution in [2.45, 2.75) is 444 Å². The van der Waals surface area contributed by atoms with Crippen molar-refractivity contribution in [2.24, 2.45) is 0 Å². The lowest BCUT2D eigenvalue weighted by Crippen LogP contribution is -2.30. The van der Waals surface area contributed by atoms with Crippen LogP contribution in [0.2, 0.25) is 0 Å². The summed E-state index contributed by atoms with van der Waals surface area (Å²) in [6.07, 6.45) is 87.2. The fourth-order valence-electron chi connectivity index (χ4n) is 11.9. The van der Waals surface area contributed by atoms with E-state index in [9.17, 15) is 14.4 Å². The quantitative estimate of drug-likeness (QED) is 0.0261. The molecule has 0 fully saturated rings. The summed E-state index contributed by atoms with van der Waals surface area (Å²) in [5, 5.41) is 0. The van der Waals surface area contributed by atoms with Gasteiger partial charge < -0.3 is 14.2 Å². The summed E-state index contributed by atoms with van der Waals surface area (Å²) in [5.41, 5.74) is 0. The molecule has 6 heteroatoms. The van der Waals surface area contributed by atoms with Crippen molar-refractivity contribution in [3.05, 3.63) is 12.2 Å². The summed E-state index contributed by atoms with van der Waals surface area (Å²) in [5.74, 6) is -0.843. The van der Waals surface area contributed by atoms with Crippen LogP contribution in [0.1, 0.15) is 438 Å². The number of carbonyl (C=O) groups is 3. The van der Waals surface area contributed by atoms with E-state index in [1.807, 2.05) is 0 Å². The predicted octanol–water partition coefficient (Wildman–Crippen LogP) is 26.0. The maximum Gasteiger partial charge on any atom is 0.306 e. The van der Waals surface area contributed by atoms with Crippen molar-refractivity contribution in [3.8, 4) is 0 Å². The van der Waals surface area contributed by atoms with Crippen LogP contribution < -0.4 is 0 Å². The second-order valence-electron chi connectivity index (χ2n) is 25.9. The Labute approximate surface area is 513 Å². The van der Waals surface area contributed by atoms with Crippen LogP contribution >= 0.6 is 0 Å². The van der Waals surface area contributed by atoms with E-state index in [1.165, 1.54) is 327 Å². The van der Waals surface area contributed by atoms with Crippen molar-refractivity contribution in [2.75, 3.05) is 13.2 Å². The first-order valence-corrected chi connectivity index (χ1v) is 37.7. The molecule has 6 nitrogen and oxygen atoms in total. The lowest BCUT2D eigenvalue weighted by molar-refractivity contribution is -0.167. The molecule has 0 aromatic carbocycles. The lowest BCUT2D eigenvalue weighted by Gasteiger charge is -2.18. The van der Waals surface area contributed by atoms with Crippen LogP contribution in [0.25, 0.3) is 0 Å². The van der Waals surface area contributed by atoms with Crippen molar-refractivity contribution in [3.63, 3.8) is 0 Å². The van der Waals surface area contributed by atoms with Crippen LogP contribution in [0.15, 0.2) is 12.2 Å². The molecule has 0 aliphatic heterocycles. The SMILES string of the molecule is CCC/C=C\CCCCCCCC(=O)OCC(COC(=O)CCCCCCCCCCCCCCCCCCCCCCCCCCCCCCCCCCCC)OC(=O)CCCCCCCCCCCCCCCCCCCCCC. The van der Waals surface area contributed by atoms with Crippen LogP contribution in [-0.4, -0.2) is 37.2 Å². The van der Waals surface area contributed by atoms with Crippen LogP contribution in [0.4, 0.5) is 0 Å². The average molecular weight is 1160 g/mol. The maximum absolute atomic E-state index is 12.9. The number of unbranched alkanes of at least 4 members (excludes halogenated alkanes) is 58. The van der Waals surface area contributed by atoms with Gasteiger partial charge in [0.2, 0.25) is 0 Å². The molecule has 0 amide bonds. The van der Waals surface area contributed by atoms with E-state index in [0.717, 1.165) is 70.6 Å². The van der Waals surface area contributed by atoms with Gasteiger partial charge in [-0.05, 0) is 38.5 Å². The van der Waals surface area contributed by atoms with Gasteiger partial charge in [0.15, 0.2) is 6.10 Å². The monoisotopic (exact) mass is 1160 g/mol. The number of hydrogen-bond acceptors (Lipinski definition) is 6. The minimum absolute atomic E-state index is 0.0660. The first-order valence-electron chi connectivity index (χ1n) is 37.7. The van der Waals surface area contributed by atoms with E-state index in [0.29, 0.717) is 19.3 Å². The lowest BCUT2D eigenvalue weighted by atomic mass is 10.0. The van der Waals surface area contributed by atoms with Crippen molar-refractivity contribution in [1.29, 1.82) is 0 Å². The van der Waals surface area contributed by atoms with Gasteiger partial charge >= 0.3 is 17.9 Å². The highest BCUT2D eigenvalue weighted by Crippen LogP contribution is 2.20. The molecule has 0 aromatic heterocycles. The fraction of sp³-hybridized carbons (Fsp3) is 0.934. The molecular formula is C76H146O6. The Morgan fingerprint density at radius 1 is 0.232 bits per heavy atom. The molecule has 0 aliphatic carbocycles. The van der Waals surface area contributed by atoms with Gasteiger partial charge in [0, 0.05) is 19.3 Å². The van der Waals surface area contributed by atoms with E-state index in [-0.39, 0.29) is 31.1 Å². The molecule has 0 aliphatic rings. The highest BCUT2D eigenvalue weighted by molar-refractivity contribution is 5.71. The molecule has 0 N–H and O–H groups in total. The third-order valence-corrected chi connectivity index (χ3v) is 17.5. The van der Waals surface area contributed by atoms with Gasteiger partial charge in [0.1, 0.15) is 13.2 Å². The zero-order chi connectivity index (χ0) is 59.2.